The predicted octanol–water partition coefficient (Wildman–Crippen LogP) is 4.22. The highest BCUT2D eigenvalue weighted by molar-refractivity contribution is 5.94. The molecule has 0 spiro atoms. The van der Waals surface area contributed by atoms with Crippen molar-refractivity contribution in [2.24, 2.45) is 0 Å². The largest absolute Gasteiger partial charge is 0.497 e. The molecule has 1 N–H and O–H groups in total. The summed E-state index contributed by atoms with van der Waals surface area (Å²) in [4.78, 5) is 12.7. The molecule has 6 nitrogen and oxygen atoms in total. The van der Waals surface area contributed by atoms with E-state index in [1.165, 1.54) is 0 Å². The van der Waals surface area contributed by atoms with Crippen molar-refractivity contribution in [3.05, 3.63) is 83.4 Å². The summed E-state index contributed by atoms with van der Waals surface area (Å²) in [6, 6.07) is 20.2. The van der Waals surface area contributed by atoms with Gasteiger partial charge < -0.3 is 24.3 Å². The third-order valence-corrected chi connectivity index (χ3v) is 4.63. The number of ether oxygens (including phenoxy) is 4. The minimum absolute atomic E-state index is 0.186. The van der Waals surface area contributed by atoms with Crippen molar-refractivity contribution < 1.29 is 23.7 Å². The van der Waals surface area contributed by atoms with Gasteiger partial charge >= 0.3 is 0 Å². The van der Waals surface area contributed by atoms with E-state index in [0.29, 0.717) is 23.6 Å². The number of benzene rings is 3. The molecule has 0 heterocycles. The molecule has 0 unspecified atom stereocenters. The number of rotatable bonds is 9. The number of methoxy groups -OCH3 is 3. The van der Waals surface area contributed by atoms with Gasteiger partial charge in [-0.1, -0.05) is 18.2 Å². The highest BCUT2D eigenvalue weighted by atomic mass is 16.5. The van der Waals surface area contributed by atoms with Crippen LogP contribution in [0.1, 0.15) is 21.5 Å². The Labute approximate surface area is 176 Å². The third kappa shape index (κ3) is 5.23. The smallest absolute Gasteiger partial charge is 0.251 e. The zero-order valence-electron chi connectivity index (χ0n) is 17.3. The SMILES string of the molecule is COc1ccc(OCc2cc(C(=O)NCc3ccccc3OC)ccc2OC)cc1. The number of amides is 1. The second kappa shape index (κ2) is 10.2. The lowest BCUT2D eigenvalue weighted by molar-refractivity contribution is 0.0950. The number of para-hydroxylation sites is 1. The summed E-state index contributed by atoms with van der Waals surface area (Å²) < 4.78 is 21.7. The van der Waals surface area contributed by atoms with Crippen LogP contribution < -0.4 is 24.3 Å². The maximum absolute atomic E-state index is 12.7. The monoisotopic (exact) mass is 407 g/mol. The molecular weight excluding hydrogens is 382 g/mol. The van der Waals surface area contributed by atoms with Crippen LogP contribution in [-0.2, 0) is 13.2 Å². The van der Waals surface area contributed by atoms with Crippen LogP contribution in [-0.4, -0.2) is 27.2 Å². The molecule has 1 amide bonds. The lowest BCUT2D eigenvalue weighted by atomic mass is 10.1. The number of hydrogen-bond donors (Lipinski definition) is 1. The van der Waals surface area contributed by atoms with Gasteiger partial charge in [-0.05, 0) is 48.5 Å². The van der Waals surface area contributed by atoms with Crippen LogP contribution in [0, 0.1) is 0 Å². The molecule has 30 heavy (non-hydrogen) atoms. The van der Waals surface area contributed by atoms with E-state index in [0.717, 1.165) is 22.6 Å². The maximum Gasteiger partial charge on any atom is 0.251 e. The van der Waals surface area contributed by atoms with E-state index in [9.17, 15) is 4.79 Å². The van der Waals surface area contributed by atoms with E-state index in [4.69, 9.17) is 18.9 Å². The first-order valence-corrected chi connectivity index (χ1v) is 9.48. The van der Waals surface area contributed by atoms with Crippen LogP contribution in [0.5, 0.6) is 23.0 Å². The van der Waals surface area contributed by atoms with Gasteiger partial charge in [0.1, 0.15) is 29.6 Å². The summed E-state index contributed by atoms with van der Waals surface area (Å²) in [7, 11) is 4.82. The molecule has 0 aromatic heterocycles. The van der Waals surface area contributed by atoms with E-state index in [1.807, 2.05) is 48.5 Å². The van der Waals surface area contributed by atoms with Crippen LogP contribution >= 0.6 is 0 Å². The average molecular weight is 407 g/mol. The summed E-state index contributed by atoms with van der Waals surface area (Å²) in [6.45, 7) is 0.635. The van der Waals surface area contributed by atoms with E-state index < -0.39 is 0 Å². The molecule has 0 saturated carbocycles. The molecular formula is C24H25NO5. The van der Waals surface area contributed by atoms with E-state index in [2.05, 4.69) is 5.32 Å². The topological polar surface area (TPSA) is 66.0 Å². The molecule has 0 aliphatic rings. The van der Waals surface area contributed by atoms with Crippen LogP contribution in [0.25, 0.3) is 0 Å². The highest BCUT2D eigenvalue weighted by Crippen LogP contribution is 2.24. The molecule has 156 valence electrons. The predicted molar refractivity (Wildman–Crippen MR) is 114 cm³/mol. The van der Waals surface area contributed by atoms with E-state index in [-0.39, 0.29) is 12.5 Å². The fourth-order valence-electron chi connectivity index (χ4n) is 2.99. The molecule has 0 aliphatic carbocycles. The van der Waals surface area contributed by atoms with Crippen molar-refractivity contribution in [1.82, 2.24) is 5.32 Å². The standard InChI is InChI=1S/C24H25NO5/c1-27-20-9-11-21(12-10-20)30-16-19-14-17(8-13-23(19)29-3)24(26)25-15-18-6-4-5-7-22(18)28-2/h4-14H,15-16H2,1-3H3,(H,25,26). The number of carbonyl (C=O) groups is 1. The number of hydrogen-bond acceptors (Lipinski definition) is 5. The Morgan fingerprint density at radius 1 is 0.767 bits per heavy atom. The Balaban J connectivity index is 1.68. The Morgan fingerprint density at radius 2 is 1.43 bits per heavy atom. The van der Waals surface area contributed by atoms with Gasteiger partial charge in [-0.25, -0.2) is 0 Å². The van der Waals surface area contributed by atoms with Gasteiger partial charge in [0.05, 0.1) is 21.3 Å². The van der Waals surface area contributed by atoms with Crippen molar-refractivity contribution in [1.29, 1.82) is 0 Å². The third-order valence-electron chi connectivity index (χ3n) is 4.63. The summed E-state index contributed by atoms with van der Waals surface area (Å²) in [5, 5.41) is 2.93. The lowest BCUT2D eigenvalue weighted by Gasteiger charge is -2.13. The molecule has 3 rings (SSSR count). The number of nitrogens with one attached hydrogen (secondary N) is 1. The van der Waals surface area contributed by atoms with Gasteiger partial charge in [-0.15, -0.1) is 0 Å². The van der Waals surface area contributed by atoms with Gasteiger partial charge in [-0.2, -0.15) is 0 Å². The minimum Gasteiger partial charge on any atom is -0.497 e. The molecule has 0 saturated heterocycles. The summed E-state index contributed by atoms with van der Waals surface area (Å²) in [6.07, 6.45) is 0. The molecule has 3 aromatic rings. The molecule has 6 heteroatoms. The second-order valence-electron chi connectivity index (χ2n) is 6.49. The molecule has 0 atom stereocenters. The van der Waals surface area contributed by atoms with Crippen molar-refractivity contribution >= 4 is 5.91 Å². The number of carbonyl (C=O) groups excluding carboxylic acids is 1. The van der Waals surface area contributed by atoms with Crippen LogP contribution in [0.2, 0.25) is 0 Å². The molecule has 3 aromatic carbocycles. The molecule has 0 aliphatic heterocycles. The highest BCUT2D eigenvalue weighted by Gasteiger charge is 2.12. The zero-order valence-corrected chi connectivity index (χ0v) is 17.3. The van der Waals surface area contributed by atoms with Crippen molar-refractivity contribution in [2.45, 2.75) is 13.2 Å². The van der Waals surface area contributed by atoms with Gasteiger partial charge in [0.15, 0.2) is 0 Å². The molecule has 0 radical (unpaired) electrons. The van der Waals surface area contributed by atoms with Crippen molar-refractivity contribution in [2.75, 3.05) is 21.3 Å². The maximum atomic E-state index is 12.7. The van der Waals surface area contributed by atoms with Gasteiger partial charge in [-0.3, -0.25) is 4.79 Å². The fourth-order valence-corrected chi connectivity index (χ4v) is 2.99. The first-order valence-electron chi connectivity index (χ1n) is 9.48. The molecule has 0 fully saturated rings. The minimum atomic E-state index is -0.186. The second-order valence-corrected chi connectivity index (χ2v) is 6.49. The average Bonchev–Trinajstić information content (AvgIpc) is 2.81. The van der Waals surface area contributed by atoms with Crippen LogP contribution in [0.4, 0.5) is 0 Å². The normalized spacial score (nSPS) is 10.2. The summed E-state index contributed by atoms with van der Waals surface area (Å²) in [5.41, 5.74) is 2.21. The first kappa shape index (κ1) is 21.0. The Hall–Kier alpha value is -3.67. The van der Waals surface area contributed by atoms with Gasteiger partial charge in [0.25, 0.3) is 5.91 Å². The van der Waals surface area contributed by atoms with Gasteiger partial charge in [0.2, 0.25) is 0 Å². The van der Waals surface area contributed by atoms with Crippen LogP contribution in [0.3, 0.4) is 0 Å². The van der Waals surface area contributed by atoms with Gasteiger partial charge in [0, 0.05) is 23.2 Å². The molecule has 0 bridgehead atoms. The van der Waals surface area contributed by atoms with Crippen LogP contribution in [0.15, 0.2) is 66.7 Å². The Morgan fingerprint density at radius 3 is 2.13 bits per heavy atom. The summed E-state index contributed by atoms with van der Waals surface area (Å²) >= 11 is 0. The van der Waals surface area contributed by atoms with E-state index in [1.54, 1.807) is 39.5 Å². The quantitative estimate of drug-likeness (QED) is 0.575. The fraction of sp³-hybridized carbons (Fsp3) is 0.208. The summed E-state index contributed by atoms with van der Waals surface area (Å²) in [5.74, 6) is 2.66. The zero-order chi connectivity index (χ0) is 21.3. The lowest BCUT2D eigenvalue weighted by Crippen LogP contribution is -2.23. The Kier molecular flexibility index (Phi) is 7.16. The van der Waals surface area contributed by atoms with E-state index >= 15 is 0 Å². The van der Waals surface area contributed by atoms with Crippen molar-refractivity contribution in [3.8, 4) is 23.0 Å². The van der Waals surface area contributed by atoms with Crippen molar-refractivity contribution in [3.63, 3.8) is 0 Å². The Bertz CT molecular complexity index is 985. The first-order chi connectivity index (χ1) is 14.6.